The van der Waals surface area contributed by atoms with E-state index in [9.17, 15) is 0 Å². The van der Waals surface area contributed by atoms with Gasteiger partial charge in [-0.15, -0.1) is 0 Å². The fourth-order valence-corrected chi connectivity index (χ4v) is 4.25. The van der Waals surface area contributed by atoms with Crippen molar-refractivity contribution in [3.8, 4) is 0 Å². The van der Waals surface area contributed by atoms with Gasteiger partial charge in [-0.1, -0.05) is 60.7 Å². The van der Waals surface area contributed by atoms with Crippen molar-refractivity contribution in [3.05, 3.63) is 84.2 Å². The van der Waals surface area contributed by atoms with E-state index < -0.39 is 9.52 Å². The van der Waals surface area contributed by atoms with Crippen LogP contribution in [0.15, 0.2) is 73.1 Å². The van der Waals surface area contributed by atoms with E-state index in [0.29, 0.717) is 5.54 Å². The first kappa shape index (κ1) is 11.9. The Labute approximate surface area is 115 Å². The summed E-state index contributed by atoms with van der Waals surface area (Å²) in [4.78, 5) is 7.67. The zero-order chi connectivity index (χ0) is 12.9. The van der Waals surface area contributed by atoms with Gasteiger partial charge in [0, 0.05) is 17.9 Å². The SMILES string of the molecule is c1ccc(C([SiH2]c2ncc[nH]2)c2ccccc2)cc1. The molecule has 3 aromatic rings. The molecule has 0 saturated carbocycles. The number of benzene rings is 2. The molecule has 0 radical (unpaired) electrons. The molecule has 94 valence electrons. The molecule has 1 heterocycles. The first-order chi connectivity index (χ1) is 9.43. The van der Waals surface area contributed by atoms with E-state index in [0.717, 1.165) is 5.45 Å². The zero-order valence-electron chi connectivity index (χ0n) is 10.7. The van der Waals surface area contributed by atoms with E-state index in [-0.39, 0.29) is 0 Å². The summed E-state index contributed by atoms with van der Waals surface area (Å²) in [6.07, 6.45) is 3.75. The lowest BCUT2D eigenvalue weighted by atomic mass is 10.0. The molecule has 3 heteroatoms. The Morgan fingerprint density at radius 3 is 1.89 bits per heavy atom. The highest BCUT2D eigenvalue weighted by Crippen LogP contribution is 2.22. The van der Waals surface area contributed by atoms with E-state index >= 15 is 0 Å². The van der Waals surface area contributed by atoms with Crippen molar-refractivity contribution in [2.24, 2.45) is 0 Å². The third kappa shape index (κ3) is 2.82. The molecule has 0 aliphatic rings. The molecule has 0 bridgehead atoms. The van der Waals surface area contributed by atoms with Gasteiger partial charge in [0.15, 0.2) is 0 Å². The van der Waals surface area contributed by atoms with Crippen LogP contribution in [0.3, 0.4) is 0 Å². The van der Waals surface area contributed by atoms with Gasteiger partial charge in [-0.25, -0.2) is 4.98 Å². The van der Waals surface area contributed by atoms with Crippen LogP contribution in [0.5, 0.6) is 0 Å². The van der Waals surface area contributed by atoms with Crippen LogP contribution >= 0.6 is 0 Å². The van der Waals surface area contributed by atoms with Gasteiger partial charge in [0.1, 0.15) is 9.52 Å². The number of hydrogen-bond donors (Lipinski definition) is 1. The molecule has 0 atom stereocenters. The van der Waals surface area contributed by atoms with Crippen molar-refractivity contribution in [3.63, 3.8) is 0 Å². The van der Waals surface area contributed by atoms with E-state index in [4.69, 9.17) is 0 Å². The summed E-state index contributed by atoms with van der Waals surface area (Å²) < 4.78 is 0. The number of H-pyrrole nitrogens is 1. The summed E-state index contributed by atoms with van der Waals surface area (Å²) in [6.45, 7) is 0. The highest BCUT2D eigenvalue weighted by atomic mass is 28.2. The fourth-order valence-electron chi connectivity index (χ4n) is 2.40. The number of nitrogens with zero attached hydrogens (tertiary/aromatic N) is 1. The minimum atomic E-state index is -0.518. The fraction of sp³-hybridized carbons (Fsp3) is 0.0625. The Hall–Kier alpha value is -2.13. The second-order valence-corrected chi connectivity index (χ2v) is 6.51. The van der Waals surface area contributed by atoms with E-state index in [1.165, 1.54) is 11.1 Å². The van der Waals surface area contributed by atoms with Gasteiger partial charge in [0.25, 0.3) is 0 Å². The summed E-state index contributed by atoms with van der Waals surface area (Å²) in [5.74, 6) is 0. The second kappa shape index (κ2) is 5.67. The first-order valence-electron chi connectivity index (χ1n) is 6.51. The molecule has 0 aliphatic heterocycles. The monoisotopic (exact) mass is 264 g/mol. The molecule has 2 aromatic carbocycles. The van der Waals surface area contributed by atoms with Crippen molar-refractivity contribution in [2.45, 2.75) is 5.54 Å². The normalized spacial score (nSPS) is 11.4. The zero-order valence-corrected chi connectivity index (χ0v) is 12.1. The number of aromatic nitrogens is 2. The summed E-state index contributed by atoms with van der Waals surface area (Å²) in [6, 6.07) is 21.5. The molecule has 1 aromatic heterocycles. The molecule has 0 amide bonds. The third-order valence-electron chi connectivity index (χ3n) is 3.36. The number of nitrogens with one attached hydrogen (secondary N) is 1. The topological polar surface area (TPSA) is 28.7 Å². The molecule has 0 fully saturated rings. The van der Waals surface area contributed by atoms with Crippen molar-refractivity contribution in [1.82, 2.24) is 9.97 Å². The maximum absolute atomic E-state index is 4.41. The Morgan fingerprint density at radius 1 is 0.842 bits per heavy atom. The van der Waals surface area contributed by atoms with Gasteiger partial charge in [-0.2, -0.15) is 0 Å². The van der Waals surface area contributed by atoms with Crippen LogP contribution in [0.1, 0.15) is 16.7 Å². The van der Waals surface area contributed by atoms with Gasteiger partial charge < -0.3 is 4.98 Å². The van der Waals surface area contributed by atoms with Gasteiger partial charge in [0.2, 0.25) is 0 Å². The minimum Gasteiger partial charge on any atom is -0.353 e. The number of rotatable bonds is 4. The maximum Gasteiger partial charge on any atom is 0.112 e. The Balaban J connectivity index is 1.96. The Bertz CT molecular complexity index is 566. The average Bonchev–Trinajstić information content (AvgIpc) is 3.00. The van der Waals surface area contributed by atoms with Crippen molar-refractivity contribution < 1.29 is 0 Å². The molecule has 2 nitrogen and oxygen atoms in total. The minimum absolute atomic E-state index is 0.480. The second-order valence-electron chi connectivity index (χ2n) is 4.61. The number of hydrogen-bond acceptors (Lipinski definition) is 1. The number of imidazole rings is 1. The summed E-state index contributed by atoms with van der Waals surface area (Å²) in [5.41, 5.74) is 4.42. The van der Waals surface area contributed by atoms with Gasteiger partial charge in [-0.05, 0) is 11.1 Å². The molecule has 19 heavy (non-hydrogen) atoms. The predicted molar refractivity (Wildman–Crippen MR) is 81.5 cm³/mol. The van der Waals surface area contributed by atoms with Crippen LogP contribution in [0.25, 0.3) is 0 Å². The highest BCUT2D eigenvalue weighted by Gasteiger charge is 2.16. The summed E-state index contributed by atoms with van der Waals surface area (Å²) >= 11 is 0. The lowest BCUT2D eigenvalue weighted by Crippen LogP contribution is -2.26. The van der Waals surface area contributed by atoms with E-state index in [1.54, 1.807) is 0 Å². The first-order valence-corrected chi connectivity index (χ1v) is 8.04. The van der Waals surface area contributed by atoms with Crippen molar-refractivity contribution >= 4 is 15.0 Å². The summed E-state index contributed by atoms with van der Waals surface area (Å²) in [7, 11) is -0.518. The highest BCUT2D eigenvalue weighted by molar-refractivity contribution is 6.53. The molecular formula is C16H16N2Si. The molecule has 0 aliphatic carbocycles. The van der Waals surface area contributed by atoms with Crippen LogP contribution in [0.2, 0.25) is 0 Å². The summed E-state index contributed by atoms with van der Waals surface area (Å²) in [5, 5.41) is 0. The number of aromatic amines is 1. The van der Waals surface area contributed by atoms with Crippen LogP contribution in [0.4, 0.5) is 0 Å². The quantitative estimate of drug-likeness (QED) is 0.717. The predicted octanol–water partition coefficient (Wildman–Crippen LogP) is 1.99. The van der Waals surface area contributed by atoms with E-state index in [2.05, 4.69) is 70.6 Å². The lowest BCUT2D eigenvalue weighted by molar-refractivity contribution is 1.12. The smallest absolute Gasteiger partial charge is 0.112 e. The Morgan fingerprint density at radius 2 is 1.42 bits per heavy atom. The molecular weight excluding hydrogens is 248 g/mol. The van der Waals surface area contributed by atoms with Gasteiger partial charge >= 0.3 is 0 Å². The van der Waals surface area contributed by atoms with E-state index in [1.807, 2.05) is 12.4 Å². The van der Waals surface area contributed by atoms with Crippen LogP contribution in [-0.4, -0.2) is 19.5 Å². The largest absolute Gasteiger partial charge is 0.353 e. The molecule has 1 N–H and O–H groups in total. The Kier molecular flexibility index (Phi) is 3.56. The standard InChI is InChI=1S/C16H16N2Si/c1-3-7-13(8-4-1)15(14-9-5-2-6-10-14)19-16-17-11-12-18-16/h1-12,15H,19H2,(H,17,18). The van der Waals surface area contributed by atoms with Crippen LogP contribution in [0, 0.1) is 0 Å². The van der Waals surface area contributed by atoms with Crippen LogP contribution in [-0.2, 0) is 0 Å². The van der Waals surface area contributed by atoms with Gasteiger partial charge in [-0.3, -0.25) is 0 Å². The third-order valence-corrected chi connectivity index (χ3v) is 5.48. The molecule has 3 rings (SSSR count). The maximum atomic E-state index is 4.41. The molecule has 0 unspecified atom stereocenters. The average molecular weight is 264 g/mol. The van der Waals surface area contributed by atoms with Crippen molar-refractivity contribution in [1.29, 1.82) is 0 Å². The molecule has 0 spiro atoms. The van der Waals surface area contributed by atoms with Gasteiger partial charge in [0.05, 0.1) is 5.45 Å². The lowest BCUT2D eigenvalue weighted by Gasteiger charge is -2.16. The molecule has 0 saturated heterocycles. The van der Waals surface area contributed by atoms with Crippen LogP contribution < -0.4 is 5.45 Å². The van der Waals surface area contributed by atoms with Crippen molar-refractivity contribution in [2.75, 3.05) is 0 Å².